The number of carboxylic acid groups (broad SMARTS) is 1. The number of carbonyl (C=O) groups is 2. The molecular formula is C12H17N3O4. The van der Waals surface area contributed by atoms with Crippen molar-refractivity contribution in [1.82, 2.24) is 15.2 Å². The van der Waals surface area contributed by atoms with Crippen LogP contribution in [0.25, 0.3) is 0 Å². The highest BCUT2D eigenvalue weighted by Gasteiger charge is 2.33. The molecular weight excluding hydrogens is 250 g/mol. The lowest BCUT2D eigenvalue weighted by molar-refractivity contribution is -0.141. The van der Waals surface area contributed by atoms with Gasteiger partial charge in [0.25, 0.3) is 0 Å². The molecule has 2 rings (SSSR count). The minimum Gasteiger partial charge on any atom is -0.480 e. The summed E-state index contributed by atoms with van der Waals surface area (Å²) in [4.78, 5) is 28.4. The molecule has 0 spiro atoms. The molecule has 0 aromatic carbocycles. The standard InChI is InChI=1S/C12H17N3O4/c1-7-8(2)19-10(14-7)6-13-12(18)15-5-3-4-9(15)11(16)17/h9H,3-6H2,1-2H3,(H,13,18)(H,16,17)/t9-/m1/s1. The number of aliphatic carboxylic acids is 1. The summed E-state index contributed by atoms with van der Waals surface area (Å²) in [5, 5.41) is 11.6. The molecule has 1 aromatic heterocycles. The van der Waals surface area contributed by atoms with Crippen LogP contribution in [0.4, 0.5) is 4.79 Å². The van der Waals surface area contributed by atoms with Crippen molar-refractivity contribution >= 4 is 12.0 Å². The summed E-state index contributed by atoms with van der Waals surface area (Å²) in [5.41, 5.74) is 0.786. The number of hydrogen-bond donors (Lipinski definition) is 2. The topological polar surface area (TPSA) is 95.7 Å². The van der Waals surface area contributed by atoms with Crippen molar-refractivity contribution in [3.63, 3.8) is 0 Å². The molecule has 1 fully saturated rings. The summed E-state index contributed by atoms with van der Waals surface area (Å²) >= 11 is 0. The molecule has 7 nitrogen and oxygen atoms in total. The van der Waals surface area contributed by atoms with E-state index in [-0.39, 0.29) is 6.54 Å². The minimum atomic E-state index is -0.963. The number of aryl methyl sites for hydroxylation is 2. The molecule has 1 aromatic rings. The monoisotopic (exact) mass is 267 g/mol. The molecule has 1 aliphatic heterocycles. The molecule has 1 atom stereocenters. The molecule has 0 bridgehead atoms. The molecule has 0 radical (unpaired) electrons. The van der Waals surface area contributed by atoms with Gasteiger partial charge in [-0.2, -0.15) is 0 Å². The van der Waals surface area contributed by atoms with Gasteiger partial charge in [-0.1, -0.05) is 0 Å². The van der Waals surface area contributed by atoms with Crippen molar-refractivity contribution in [1.29, 1.82) is 0 Å². The van der Waals surface area contributed by atoms with E-state index >= 15 is 0 Å². The molecule has 1 saturated heterocycles. The van der Waals surface area contributed by atoms with Crippen LogP contribution in [0.3, 0.4) is 0 Å². The van der Waals surface area contributed by atoms with Crippen molar-refractivity contribution in [2.45, 2.75) is 39.3 Å². The fourth-order valence-corrected chi connectivity index (χ4v) is 2.13. The Labute approximate surface area is 110 Å². The fourth-order valence-electron chi connectivity index (χ4n) is 2.13. The first-order valence-electron chi connectivity index (χ1n) is 6.19. The van der Waals surface area contributed by atoms with Crippen LogP contribution in [-0.4, -0.2) is 39.6 Å². The molecule has 7 heteroatoms. The summed E-state index contributed by atoms with van der Waals surface area (Å²) in [7, 11) is 0. The molecule has 1 aliphatic rings. The molecule has 0 aliphatic carbocycles. The SMILES string of the molecule is Cc1nc(CNC(=O)N2CCC[C@@H]2C(=O)O)oc1C. The average Bonchev–Trinajstić information content (AvgIpc) is 2.94. The third kappa shape index (κ3) is 2.86. The van der Waals surface area contributed by atoms with Crippen LogP contribution in [0.5, 0.6) is 0 Å². The predicted octanol–water partition coefficient (Wildman–Crippen LogP) is 1.05. The number of hydrogen-bond acceptors (Lipinski definition) is 4. The van der Waals surface area contributed by atoms with Gasteiger partial charge in [-0.3, -0.25) is 0 Å². The molecule has 0 unspecified atom stereocenters. The van der Waals surface area contributed by atoms with Gasteiger partial charge < -0.3 is 19.7 Å². The third-order valence-electron chi connectivity index (χ3n) is 3.26. The molecule has 2 heterocycles. The van der Waals surface area contributed by atoms with Crippen molar-refractivity contribution in [2.75, 3.05) is 6.54 Å². The second kappa shape index (κ2) is 5.29. The Morgan fingerprint density at radius 1 is 1.53 bits per heavy atom. The number of carboxylic acids is 1. The number of oxazole rings is 1. The number of urea groups is 1. The lowest BCUT2D eigenvalue weighted by atomic mass is 10.2. The van der Waals surface area contributed by atoms with E-state index in [0.717, 1.165) is 5.69 Å². The predicted molar refractivity (Wildman–Crippen MR) is 65.6 cm³/mol. The van der Waals surface area contributed by atoms with Crippen molar-refractivity contribution in [3.8, 4) is 0 Å². The van der Waals surface area contributed by atoms with E-state index in [1.807, 2.05) is 6.92 Å². The van der Waals surface area contributed by atoms with E-state index in [1.165, 1.54) is 4.90 Å². The average molecular weight is 267 g/mol. The number of nitrogens with one attached hydrogen (secondary N) is 1. The second-order valence-corrected chi connectivity index (χ2v) is 4.60. The zero-order valence-electron chi connectivity index (χ0n) is 11.0. The van der Waals surface area contributed by atoms with Gasteiger partial charge >= 0.3 is 12.0 Å². The van der Waals surface area contributed by atoms with Gasteiger partial charge in [0.2, 0.25) is 5.89 Å². The van der Waals surface area contributed by atoms with Crippen LogP contribution in [0.2, 0.25) is 0 Å². The molecule has 19 heavy (non-hydrogen) atoms. The Morgan fingerprint density at radius 3 is 2.84 bits per heavy atom. The first kappa shape index (κ1) is 13.4. The fraction of sp³-hybridized carbons (Fsp3) is 0.583. The summed E-state index contributed by atoms with van der Waals surface area (Å²) in [5.74, 6) is 0.179. The van der Waals surface area contributed by atoms with Gasteiger partial charge in [0.15, 0.2) is 0 Å². The first-order valence-corrected chi connectivity index (χ1v) is 6.19. The Balaban J connectivity index is 1.92. The summed E-state index contributed by atoms with van der Waals surface area (Å²) in [6.45, 7) is 4.25. The number of likely N-dealkylation sites (tertiary alicyclic amines) is 1. The maximum absolute atomic E-state index is 11.9. The Hall–Kier alpha value is -2.05. The van der Waals surface area contributed by atoms with Gasteiger partial charge in [0.05, 0.1) is 12.2 Å². The lowest BCUT2D eigenvalue weighted by Crippen LogP contribution is -2.45. The quantitative estimate of drug-likeness (QED) is 0.853. The summed E-state index contributed by atoms with van der Waals surface area (Å²) < 4.78 is 5.34. The van der Waals surface area contributed by atoms with E-state index in [2.05, 4.69) is 10.3 Å². The highest BCUT2D eigenvalue weighted by atomic mass is 16.4. The molecule has 2 N–H and O–H groups in total. The van der Waals surface area contributed by atoms with Gasteiger partial charge in [-0.25, -0.2) is 14.6 Å². The van der Waals surface area contributed by atoms with Crippen LogP contribution in [0.15, 0.2) is 4.42 Å². The van der Waals surface area contributed by atoms with Crippen LogP contribution in [0, 0.1) is 13.8 Å². The maximum atomic E-state index is 11.9. The van der Waals surface area contributed by atoms with E-state index in [0.29, 0.717) is 31.0 Å². The van der Waals surface area contributed by atoms with Crippen LogP contribution in [0.1, 0.15) is 30.2 Å². The molecule has 2 amide bonds. The summed E-state index contributed by atoms with van der Waals surface area (Å²) in [6, 6.07) is -1.12. The minimum absolute atomic E-state index is 0.163. The summed E-state index contributed by atoms with van der Waals surface area (Å²) in [6.07, 6.45) is 1.21. The van der Waals surface area contributed by atoms with Crippen LogP contribution >= 0.6 is 0 Å². The zero-order valence-corrected chi connectivity index (χ0v) is 11.0. The molecule has 0 saturated carbocycles. The molecule has 104 valence electrons. The smallest absolute Gasteiger partial charge is 0.326 e. The van der Waals surface area contributed by atoms with Gasteiger partial charge in [-0.15, -0.1) is 0 Å². The number of rotatable bonds is 3. The largest absolute Gasteiger partial charge is 0.480 e. The highest BCUT2D eigenvalue weighted by Crippen LogP contribution is 2.17. The first-order chi connectivity index (χ1) is 8.99. The normalized spacial score (nSPS) is 18.6. The van der Waals surface area contributed by atoms with Crippen molar-refractivity contribution in [3.05, 3.63) is 17.3 Å². The van der Waals surface area contributed by atoms with E-state index in [9.17, 15) is 9.59 Å². The van der Waals surface area contributed by atoms with E-state index in [1.54, 1.807) is 6.92 Å². The maximum Gasteiger partial charge on any atom is 0.326 e. The van der Waals surface area contributed by atoms with Gasteiger partial charge in [0, 0.05) is 6.54 Å². The Morgan fingerprint density at radius 2 is 2.26 bits per heavy atom. The third-order valence-corrected chi connectivity index (χ3v) is 3.26. The van der Waals surface area contributed by atoms with Gasteiger partial charge in [-0.05, 0) is 26.7 Å². The number of aromatic nitrogens is 1. The number of amides is 2. The number of carbonyl (C=O) groups excluding carboxylic acids is 1. The second-order valence-electron chi connectivity index (χ2n) is 4.60. The van der Waals surface area contributed by atoms with E-state index in [4.69, 9.17) is 9.52 Å². The zero-order chi connectivity index (χ0) is 14.0. The van der Waals surface area contributed by atoms with Crippen LogP contribution in [-0.2, 0) is 11.3 Å². The van der Waals surface area contributed by atoms with Crippen molar-refractivity contribution < 1.29 is 19.1 Å². The highest BCUT2D eigenvalue weighted by molar-refractivity contribution is 5.83. The number of nitrogens with zero attached hydrogens (tertiary/aromatic N) is 2. The Bertz CT molecular complexity index is 478. The van der Waals surface area contributed by atoms with E-state index < -0.39 is 18.0 Å². The Kier molecular flexibility index (Phi) is 3.73. The lowest BCUT2D eigenvalue weighted by Gasteiger charge is -2.21. The van der Waals surface area contributed by atoms with Crippen LogP contribution < -0.4 is 5.32 Å². The van der Waals surface area contributed by atoms with Gasteiger partial charge in [0.1, 0.15) is 11.8 Å². The van der Waals surface area contributed by atoms with Crippen molar-refractivity contribution in [2.24, 2.45) is 0 Å².